The Kier molecular flexibility index (Phi) is 23.2. The third-order valence-corrected chi connectivity index (χ3v) is 15.2. The van der Waals surface area contributed by atoms with Gasteiger partial charge in [-0.05, 0) is 97.1 Å². The molecule has 0 spiro atoms. The number of nitrogens with zero attached hydrogens (tertiary/aromatic N) is 4. The van der Waals surface area contributed by atoms with Gasteiger partial charge in [0.25, 0.3) is 17.7 Å². The maximum atomic E-state index is 13.3. The molecule has 2 atom stereocenters. The van der Waals surface area contributed by atoms with Crippen LogP contribution in [0.3, 0.4) is 0 Å². The topological polar surface area (TPSA) is 211 Å². The van der Waals surface area contributed by atoms with Crippen LogP contribution in [-0.4, -0.2) is 146 Å². The van der Waals surface area contributed by atoms with E-state index in [-0.39, 0.29) is 77.8 Å². The molecule has 2 fully saturated rings. The molecule has 2 unspecified atom stereocenters. The summed E-state index contributed by atoms with van der Waals surface area (Å²) in [5.74, 6) is -6.47. The molecular formula is C57H53F9N6O10S2. The number of halogens is 9. The van der Waals surface area contributed by atoms with Gasteiger partial charge < -0.3 is 35.3 Å². The van der Waals surface area contributed by atoms with Crippen molar-refractivity contribution < 1.29 is 86.6 Å². The second kappa shape index (κ2) is 29.5. The number of piperazine rings is 2. The molecule has 2 aliphatic heterocycles. The first-order valence-electron chi connectivity index (χ1n) is 24.7. The molecule has 2 saturated heterocycles. The molecule has 0 saturated carbocycles. The minimum absolute atomic E-state index is 0. The maximum absolute atomic E-state index is 13.3. The molecule has 16 nitrogen and oxygen atoms in total. The van der Waals surface area contributed by atoms with Gasteiger partial charge >= 0.3 is 30.4 Å². The van der Waals surface area contributed by atoms with Gasteiger partial charge in [0.15, 0.2) is 0 Å². The van der Waals surface area contributed by atoms with E-state index in [0.717, 1.165) is 40.1 Å². The zero-order valence-corrected chi connectivity index (χ0v) is 44.8. The summed E-state index contributed by atoms with van der Waals surface area (Å²) in [4.78, 5) is 90.9. The van der Waals surface area contributed by atoms with E-state index in [4.69, 9.17) is 5.11 Å². The van der Waals surface area contributed by atoms with Crippen LogP contribution in [0.5, 0.6) is 0 Å². The van der Waals surface area contributed by atoms with Crippen LogP contribution in [0.25, 0.3) is 0 Å². The number of aromatic carboxylic acids is 1. The van der Waals surface area contributed by atoms with Crippen molar-refractivity contribution in [3.05, 3.63) is 191 Å². The predicted octanol–water partition coefficient (Wildman–Crippen LogP) is 8.44. The summed E-state index contributed by atoms with van der Waals surface area (Å²) in [7, 11) is -2.64. The SMILES string of the molecule is C.O=C(CNC(=O)C(F)(F)F)N1CCN(C(=O)c2ccccc2C(F)(F)F)CC1.O=C(NCC(=O)N1CCN(C(=O)c2ccccc2C(F)(F)F)CC1)c1ccc(S(=O)c2ccccc2)cc1.O=C(O)c1ccc(S(=O)c2ccccc2)cc1. The minimum Gasteiger partial charge on any atom is -0.478 e. The van der Waals surface area contributed by atoms with Crippen LogP contribution in [0.4, 0.5) is 39.5 Å². The number of carboxylic acid groups (broad SMARTS) is 1. The Hall–Kier alpha value is -8.72. The Bertz CT molecular complexity index is 3320. The van der Waals surface area contributed by atoms with Gasteiger partial charge in [0, 0.05) is 77.5 Å². The minimum atomic E-state index is -5.11. The van der Waals surface area contributed by atoms with Crippen LogP contribution >= 0.6 is 0 Å². The van der Waals surface area contributed by atoms with Crippen LogP contribution in [0.1, 0.15) is 60.0 Å². The highest BCUT2D eigenvalue weighted by atomic mass is 32.2. The lowest BCUT2D eigenvalue weighted by atomic mass is 10.1. The highest BCUT2D eigenvalue weighted by Crippen LogP contribution is 2.34. The van der Waals surface area contributed by atoms with Crippen molar-refractivity contribution in [2.45, 2.75) is 45.5 Å². The van der Waals surface area contributed by atoms with E-state index < -0.39 is 104 Å². The van der Waals surface area contributed by atoms with E-state index in [0.29, 0.717) is 25.1 Å². The van der Waals surface area contributed by atoms with E-state index in [2.05, 4.69) is 5.32 Å². The van der Waals surface area contributed by atoms with Crippen LogP contribution in [0.2, 0.25) is 0 Å². The first-order chi connectivity index (χ1) is 39.2. The normalized spacial score (nSPS) is 14.2. The number of nitrogens with one attached hydrogen (secondary N) is 2. The van der Waals surface area contributed by atoms with E-state index in [9.17, 15) is 81.5 Å². The van der Waals surface area contributed by atoms with Gasteiger partial charge in [0.1, 0.15) is 0 Å². The van der Waals surface area contributed by atoms with Gasteiger partial charge in [-0.3, -0.25) is 28.8 Å². The molecule has 3 N–H and O–H groups in total. The van der Waals surface area contributed by atoms with Gasteiger partial charge in [-0.2, -0.15) is 39.5 Å². The largest absolute Gasteiger partial charge is 0.478 e. The first-order valence-corrected chi connectivity index (χ1v) is 27.0. The van der Waals surface area contributed by atoms with Gasteiger partial charge in [-0.25, -0.2) is 13.2 Å². The van der Waals surface area contributed by atoms with Crippen LogP contribution in [0.15, 0.2) is 177 Å². The number of amides is 6. The third-order valence-electron chi connectivity index (χ3n) is 12.4. The lowest BCUT2D eigenvalue weighted by molar-refractivity contribution is -0.174. The Labute approximate surface area is 480 Å². The number of carboxylic acids is 1. The highest BCUT2D eigenvalue weighted by molar-refractivity contribution is 7.85. The predicted molar refractivity (Wildman–Crippen MR) is 288 cm³/mol. The number of benzene rings is 6. The fourth-order valence-corrected chi connectivity index (χ4v) is 10.2. The van der Waals surface area contributed by atoms with Crippen molar-refractivity contribution in [3.8, 4) is 0 Å². The number of hydrogen-bond donors (Lipinski definition) is 3. The summed E-state index contributed by atoms with van der Waals surface area (Å²) in [5.41, 5.74) is -2.53. The smallest absolute Gasteiger partial charge is 0.471 e. The van der Waals surface area contributed by atoms with Crippen molar-refractivity contribution in [2.75, 3.05) is 65.4 Å². The molecular weight excluding hydrogens is 1160 g/mol. The highest BCUT2D eigenvalue weighted by Gasteiger charge is 2.40. The number of carbonyl (C=O) groups is 7. The summed E-state index contributed by atoms with van der Waals surface area (Å²) in [5, 5.41) is 12.7. The van der Waals surface area contributed by atoms with Crippen molar-refractivity contribution in [2.24, 2.45) is 0 Å². The molecule has 446 valence electrons. The Morgan fingerprint density at radius 2 is 0.726 bits per heavy atom. The van der Waals surface area contributed by atoms with Crippen molar-refractivity contribution >= 4 is 63.0 Å². The summed E-state index contributed by atoms with van der Waals surface area (Å²) in [6.45, 7) is -1.08. The van der Waals surface area contributed by atoms with Gasteiger partial charge in [0.05, 0.1) is 62.5 Å². The van der Waals surface area contributed by atoms with E-state index in [1.54, 1.807) is 60.7 Å². The molecule has 27 heteroatoms. The third kappa shape index (κ3) is 18.1. The zero-order chi connectivity index (χ0) is 60.6. The molecule has 6 aromatic carbocycles. The standard InChI is InChI=1S/C27H24F3N3O4S.C16H15F6N3O3.C13H10O3S.CH4/c28-27(29,30)23-9-5-4-8-22(23)26(36)33-16-14-32(15-17-33)24(34)18-31-25(35)19-10-12-21(13-11-19)38(37)20-6-2-1-3-7-20;17-15(18,19)11-4-2-1-3-10(11)13(27)25-7-5-24(6-8-25)12(26)9-23-14(28)16(20,21)22;14-13(15)10-6-8-12(9-7-10)17(16)11-4-2-1-3-5-11;/h1-13H,14-18H2,(H,31,35);1-4H,5-9H2,(H,23,28);1-9H,(H,14,15);1H4. The molecule has 2 aliphatic rings. The maximum Gasteiger partial charge on any atom is 0.471 e. The molecule has 0 aromatic heterocycles. The van der Waals surface area contributed by atoms with Gasteiger partial charge in [-0.15, -0.1) is 0 Å². The van der Waals surface area contributed by atoms with Crippen LogP contribution in [-0.2, 0) is 48.3 Å². The van der Waals surface area contributed by atoms with Gasteiger partial charge in [-0.1, -0.05) is 68.1 Å². The van der Waals surface area contributed by atoms with Crippen molar-refractivity contribution in [3.63, 3.8) is 0 Å². The van der Waals surface area contributed by atoms with E-state index >= 15 is 0 Å². The fourth-order valence-electron chi connectivity index (χ4n) is 8.04. The summed E-state index contributed by atoms with van der Waals surface area (Å²) < 4.78 is 140. The average Bonchev–Trinajstić information content (AvgIpc) is 3.58. The van der Waals surface area contributed by atoms with Crippen molar-refractivity contribution in [1.29, 1.82) is 0 Å². The molecule has 6 amide bonds. The molecule has 0 bridgehead atoms. The molecule has 8 rings (SSSR count). The Morgan fingerprint density at radius 3 is 1.07 bits per heavy atom. The Morgan fingerprint density at radius 1 is 0.417 bits per heavy atom. The van der Waals surface area contributed by atoms with Crippen LogP contribution in [0, 0.1) is 0 Å². The summed E-state index contributed by atoms with van der Waals surface area (Å²) in [6, 6.07) is 39.2. The molecule has 2 heterocycles. The Balaban J connectivity index is 0.000000246. The van der Waals surface area contributed by atoms with E-state index in [1.165, 1.54) is 57.6 Å². The average molecular weight is 1220 g/mol. The second-order valence-electron chi connectivity index (χ2n) is 17.8. The van der Waals surface area contributed by atoms with Gasteiger partial charge in [0.2, 0.25) is 11.8 Å². The first kappa shape index (κ1) is 66.1. The number of rotatable bonds is 12. The van der Waals surface area contributed by atoms with Crippen molar-refractivity contribution in [1.82, 2.24) is 30.2 Å². The monoisotopic (exact) mass is 1220 g/mol. The molecule has 0 aliphatic carbocycles. The fraction of sp³-hybridized carbons (Fsp3) is 0.246. The quantitative estimate of drug-likeness (QED) is 0.0996. The molecule has 84 heavy (non-hydrogen) atoms. The number of alkyl halides is 9. The second-order valence-corrected chi connectivity index (χ2v) is 20.8. The lowest BCUT2D eigenvalue weighted by Gasteiger charge is -2.35. The zero-order valence-electron chi connectivity index (χ0n) is 43.2. The summed E-state index contributed by atoms with van der Waals surface area (Å²) in [6.07, 6.45) is -14.5. The summed E-state index contributed by atoms with van der Waals surface area (Å²) >= 11 is 0. The van der Waals surface area contributed by atoms with Crippen LogP contribution < -0.4 is 10.6 Å². The lowest BCUT2D eigenvalue weighted by Crippen LogP contribution is -2.53. The number of carbonyl (C=O) groups excluding carboxylic acids is 6. The van der Waals surface area contributed by atoms with E-state index in [1.807, 2.05) is 24.3 Å². The molecule has 6 aromatic rings. The number of hydrogen-bond acceptors (Lipinski definition) is 9. The molecule has 0 radical (unpaired) electrons.